The Morgan fingerprint density at radius 2 is 1.86 bits per heavy atom. The van der Waals surface area contributed by atoms with Crippen molar-refractivity contribution in [1.29, 1.82) is 0 Å². The zero-order valence-corrected chi connectivity index (χ0v) is 18.0. The highest BCUT2D eigenvalue weighted by Gasteiger charge is 2.20. The van der Waals surface area contributed by atoms with Crippen LogP contribution in [-0.2, 0) is 4.79 Å². The average Bonchev–Trinajstić information content (AvgIpc) is 3.11. The van der Waals surface area contributed by atoms with Crippen molar-refractivity contribution < 1.29 is 26.3 Å². The van der Waals surface area contributed by atoms with Gasteiger partial charge in [0.25, 0.3) is 0 Å². The molecule has 0 bridgehead atoms. The molecular weight excluding hydrogens is 413 g/mol. The van der Waals surface area contributed by atoms with Crippen LogP contribution >= 0.6 is 11.3 Å². The number of carbonyl (C=O) groups excluding carboxylic acids is 1. The summed E-state index contributed by atoms with van der Waals surface area (Å²) in [6.45, 7) is 1.67. The largest absolute Gasteiger partial charge is 1.00 e. The molecule has 1 amide bonds. The van der Waals surface area contributed by atoms with Crippen molar-refractivity contribution in [1.82, 2.24) is 9.88 Å². The van der Waals surface area contributed by atoms with E-state index >= 15 is 0 Å². The third-order valence-electron chi connectivity index (χ3n) is 4.21. The predicted molar refractivity (Wildman–Crippen MR) is 112 cm³/mol. The van der Waals surface area contributed by atoms with Crippen molar-refractivity contribution in [2.45, 2.75) is 12.8 Å². The highest BCUT2D eigenvalue weighted by atomic mass is 35.5. The van der Waals surface area contributed by atoms with Crippen LogP contribution < -0.4 is 22.0 Å². The molecule has 0 N–H and O–H groups in total. The molecule has 0 unspecified atom stereocenters. The van der Waals surface area contributed by atoms with E-state index in [1.165, 1.54) is 17.4 Å². The monoisotopic (exact) mass is 436 g/mol. The first kappa shape index (κ1) is 23.1. The molecule has 2 aromatic carbocycles. The van der Waals surface area contributed by atoms with E-state index in [0.29, 0.717) is 17.2 Å². The third kappa shape index (κ3) is 6.39. The zero-order chi connectivity index (χ0) is 19.9. The van der Waals surface area contributed by atoms with Crippen molar-refractivity contribution in [3.05, 3.63) is 54.3 Å². The molecule has 0 saturated carbocycles. The van der Waals surface area contributed by atoms with E-state index in [1.807, 2.05) is 50.5 Å². The lowest BCUT2D eigenvalue weighted by atomic mass is 10.3. The molecule has 0 aliphatic rings. The lowest BCUT2D eigenvalue weighted by Crippen LogP contribution is -3.00. The van der Waals surface area contributed by atoms with E-state index in [-0.39, 0.29) is 37.2 Å². The number of ether oxygens (including phenoxy) is 1. The number of aromatic nitrogens is 1. The molecule has 1 heterocycles. The van der Waals surface area contributed by atoms with Gasteiger partial charge in [0.2, 0.25) is 5.91 Å². The van der Waals surface area contributed by atoms with Crippen LogP contribution in [0.4, 0.5) is 9.52 Å². The van der Waals surface area contributed by atoms with Crippen molar-refractivity contribution >= 4 is 32.6 Å². The fourth-order valence-electron chi connectivity index (χ4n) is 2.80. The number of amides is 1. The first-order chi connectivity index (χ1) is 13.5. The van der Waals surface area contributed by atoms with Gasteiger partial charge in [0.1, 0.15) is 17.1 Å². The first-order valence-corrected chi connectivity index (χ1v) is 10.0. The molecule has 3 aromatic rings. The Balaban J connectivity index is 0.00000300. The zero-order valence-electron chi connectivity index (χ0n) is 16.5. The second kappa shape index (κ2) is 11.1. The number of thiazole rings is 1. The van der Waals surface area contributed by atoms with Gasteiger partial charge in [0.05, 0.1) is 17.7 Å². The molecule has 0 fully saturated rings. The SMILES string of the molecule is CN(C)CCCN(C(=O)CCOc1ccccc1)c1nc2c(F)cccc2s1.[Cl-]. The lowest BCUT2D eigenvalue weighted by molar-refractivity contribution is -0.119. The average molecular weight is 437 g/mol. The standard InChI is InChI=1S/C21H24FN3O2S.ClH/c1-24(2)13-7-14-25(19(26)12-15-27-16-8-4-3-5-9-16)21-23-20-17(22)10-6-11-18(20)28-21;/h3-6,8-11H,7,12-15H2,1-2H3;1H/p-1. The molecule has 0 spiro atoms. The van der Waals surface area contributed by atoms with Gasteiger partial charge in [-0.2, -0.15) is 0 Å². The van der Waals surface area contributed by atoms with Crippen LogP contribution in [0.1, 0.15) is 12.8 Å². The molecule has 5 nitrogen and oxygen atoms in total. The van der Waals surface area contributed by atoms with Crippen LogP contribution in [0.3, 0.4) is 0 Å². The maximum atomic E-state index is 14.0. The summed E-state index contributed by atoms with van der Waals surface area (Å²) >= 11 is 1.34. The maximum absolute atomic E-state index is 14.0. The minimum Gasteiger partial charge on any atom is -1.00 e. The van der Waals surface area contributed by atoms with Crippen LogP contribution in [0.2, 0.25) is 0 Å². The summed E-state index contributed by atoms with van der Waals surface area (Å²) in [4.78, 5) is 21.0. The molecular formula is C21H24ClFN3O2S-. The minimum absolute atomic E-state index is 0. The molecule has 8 heteroatoms. The van der Waals surface area contributed by atoms with Gasteiger partial charge >= 0.3 is 0 Å². The fraction of sp³-hybridized carbons (Fsp3) is 0.333. The number of fused-ring (bicyclic) bond motifs is 1. The van der Waals surface area contributed by atoms with Gasteiger partial charge in [0, 0.05) is 6.54 Å². The molecule has 1 aromatic heterocycles. The summed E-state index contributed by atoms with van der Waals surface area (Å²) in [6, 6.07) is 14.3. The number of carbonyl (C=O) groups is 1. The summed E-state index contributed by atoms with van der Waals surface area (Å²) in [5, 5.41) is 0.531. The van der Waals surface area contributed by atoms with Crippen LogP contribution in [0, 0.1) is 5.82 Å². The molecule has 3 rings (SSSR count). The Morgan fingerprint density at radius 3 is 2.55 bits per heavy atom. The molecule has 0 aliphatic heterocycles. The number of hydrogen-bond donors (Lipinski definition) is 0. The lowest BCUT2D eigenvalue weighted by Gasteiger charge is -2.21. The summed E-state index contributed by atoms with van der Waals surface area (Å²) in [7, 11) is 3.99. The van der Waals surface area contributed by atoms with E-state index < -0.39 is 0 Å². The topological polar surface area (TPSA) is 45.7 Å². The molecule has 0 saturated heterocycles. The summed E-state index contributed by atoms with van der Waals surface area (Å²) in [5.74, 6) is 0.291. The second-order valence-corrected chi connectivity index (χ2v) is 7.71. The number of benzene rings is 2. The van der Waals surface area contributed by atoms with E-state index in [0.717, 1.165) is 23.4 Å². The summed E-state index contributed by atoms with van der Waals surface area (Å²) in [6.07, 6.45) is 1.03. The Labute approximate surface area is 180 Å². The summed E-state index contributed by atoms with van der Waals surface area (Å²) in [5.41, 5.74) is 0.313. The number of halogens is 2. The van der Waals surface area contributed by atoms with E-state index in [2.05, 4.69) is 9.88 Å². The number of rotatable bonds is 9. The van der Waals surface area contributed by atoms with Crippen LogP contribution in [-0.4, -0.2) is 49.6 Å². The van der Waals surface area contributed by atoms with Gasteiger partial charge in [-0.3, -0.25) is 9.69 Å². The van der Waals surface area contributed by atoms with Crippen LogP contribution in [0.5, 0.6) is 5.75 Å². The Kier molecular flexibility index (Phi) is 8.82. The molecule has 29 heavy (non-hydrogen) atoms. The van der Waals surface area contributed by atoms with Gasteiger partial charge in [-0.05, 0) is 51.3 Å². The van der Waals surface area contributed by atoms with Crippen molar-refractivity contribution in [3.63, 3.8) is 0 Å². The number of nitrogens with zero attached hydrogens (tertiary/aromatic N) is 3. The van der Waals surface area contributed by atoms with E-state index in [4.69, 9.17) is 4.74 Å². The summed E-state index contributed by atoms with van der Waals surface area (Å²) < 4.78 is 20.4. The number of hydrogen-bond acceptors (Lipinski definition) is 5. The predicted octanol–water partition coefficient (Wildman–Crippen LogP) is 1.19. The Hall–Kier alpha value is -2.22. The van der Waals surface area contributed by atoms with Gasteiger partial charge < -0.3 is 22.0 Å². The second-order valence-electron chi connectivity index (χ2n) is 6.70. The number of anilines is 1. The van der Waals surface area contributed by atoms with Crippen molar-refractivity contribution in [2.24, 2.45) is 0 Å². The van der Waals surface area contributed by atoms with Gasteiger partial charge in [0.15, 0.2) is 5.13 Å². The smallest absolute Gasteiger partial charge is 0.232 e. The first-order valence-electron chi connectivity index (χ1n) is 9.22. The molecule has 156 valence electrons. The van der Waals surface area contributed by atoms with Gasteiger partial charge in [-0.1, -0.05) is 35.6 Å². The highest BCUT2D eigenvalue weighted by molar-refractivity contribution is 7.22. The molecule has 0 aliphatic carbocycles. The normalized spacial score (nSPS) is 10.8. The quantitative estimate of drug-likeness (QED) is 0.505. The fourth-order valence-corrected chi connectivity index (χ4v) is 3.82. The van der Waals surface area contributed by atoms with Gasteiger partial charge in [-0.15, -0.1) is 0 Å². The maximum Gasteiger partial charge on any atom is 0.232 e. The van der Waals surface area contributed by atoms with Crippen molar-refractivity contribution in [3.8, 4) is 5.75 Å². The highest BCUT2D eigenvalue weighted by Crippen LogP contribution is 2.30. The van der Waals surface area contributed by atoms with Crippen molar-refractivity contribution in [2.75, 3.05) is 38.7 Å². The Morgan fingerprint density at radius 1 is 1.10 bits per heavy atom. The molecule has 0 atom stereocenters. The third-order valence-corrected chi connectivity index (χ3v) is 5.25. The Bertz CT molecular complexity index is 921. The minimum atomic E-state index is -0.367. The number of para-hydroxylation sites is 2. The van der Waals surface area contributed by atoms with Crippen LogP contribution in [0.25, 0.3) is 10.2 Å². The van der Waals surface area contributed by atoms with Crippen LogP contribution in [0.15, 0.2) is 48.5 Å². The van der Waals surface area contributed by atoms with Gasteiger partial charge in [-0.25, -0.2) is 9.37 Å². The van der Waals surface area contributed by atoms with E-state index in [9.17, 15) is 9.18 Å². The molecule has 0 radical (unpaired) electrons. The van der Waals surface area contributed by atoms with E-state index in [1.54, 1.807) is 11.0 Å².